The van der Waals surface area contributed by atoms with Crippen LogP contribution in [-0.2, 0) is 19.8 Å². The van der Waals surface area contributed by atoms with E-state index in [2.05, 4.69) is 0 Å². The monoisotopic (exact) mass is 193 g/mol. The van der Waals surface area contributed by atoms with Gasteiger partial charge in [0, 0.05) is 6.92 Å². The normalized spacial score (nSPS) is 21.1. The van der Waals surface area contributed by atoms with Crippen molar-refractivity contribution in [1.82, 2.24) is 14.6 Å². The van der Waals surface area contributed by atoms with Crippen LogP contribution in [0.25, 0.3) is 0 Å². The van der Waals surface area contributed by atoms with Crippen LogP contribution in [0.3, 0.4) is 0 Å². The molecule has 2 N–H and O–H groups in total. The fraction of sp³-hybridized carbons (Fsp3) is 0.500. The van der Waals surface area contributed by atoms with Gasteiger partial charge in [-0.2, -0.15) is 13.1 Å². The average Bonchev–Trinajstić information content (AvgIpc) is 2.15. The molecule has 68 valence electrons. The van der Waals surface area contributed by atoms with E-state index in [0.29, 0.717) is 0 Å². The average molecular weight is 193 g/mol. The maximum Gasteiger partial charge on any atom is 0.322 e. The molecule has 0 bridgehead atoms. The van der Waals surface area contributed by atoms with E-state index in [1.165, 1.54) is 0 Å². The molecule has 1 aliphatic heterocycles. The molecule has 0 aliphatic carbocycles. The third-order valence-corrected chi connectivity index (χ3v) is 2.42. The third-order valence-electron chi connectivity index (χ3n) is 1.13. The maximum absolute atomic E-state index is 10.9. The molecule has 0 aromatic carbocycles. The molecule has 0 aromatic heterocycles. The van der Waals surface area contributed by atoms with E-state index < -0.39 is 22.0 Å². The molecule has 0 saturated carbocycles. The second kappa shape index (κ2) is 2.72. The smallest absolute Gasteiger partial charge is 0.274 e. The molecule has 1 saturated heterocycles. The Kier molecular flexibility index (Phi) is 2.02. The molecule has 7 nitrogen and oxygen atoms in total. The lowest BCUT2D eigenvalue weighted by atomic mass is 10.6. The Hall–Kier alpha value is -1.15. The number of carbonyl (C=O) groups excluding carboxylic acids is 2. The Labute approximate surface area is 68.9 Å². The predicted molar refractivity (Wildman–Crippen MR) is 37.6 cm³/mol. The van der Waals surface area contributed by atoms with Gasteiger partial charge in [0.15, 0.2) is 0 Å². The van der Waals surface area contributed by atoms with E-state index in [0.717, 1.165) is 6.92 Å². The summed E-state index contributed by atoms with van der Waals surface area (Å²) in [4.78, 5) is 21.2. The van der Waals surface area contributed by atoms with E-state index in [1.54, 1.807) is 0 Å². The van der Waals surface area contributed by atoms with Crippen LogP contribution in [0.2, 0.25) is 0 Å². The fourth-order valence-electron chi connectivity index (χ4n) is 0.689. The van der Waals surface area contributed by atoms with Crippen LogP contribution in [0.15, 0.2) is 0 Å². The minimum Gasteiger partial charge on any atom is -0.274 e. The molecule has 1 rings (SSSR count). The Morgan fingerprint density at radius 3 is 2.58 bits per heavy atom. The molecule has 1 fully saturated rings. The molecular formula is C4H7N3O4S. The summed E-state index contributed by atoms with van der Waals surface area (Å²) in [5.74, 6) is -1.32. The second-order valence-electron chi connectivity index (χ2n) is 2.15. The van der Waals surface area contributed by atoms with Crippen LogP contribution in [0.4, 0.5) is 0 Å². The number of hydrogen-bond donors (Lipinski definition) is 2. The van der Waals surface area contributed by atoms with Gasteiger partial charge in [-0.3, -0.25) is 9.59 Å². The van der Waals surface area contributed by atoms with Crippen LogP contribution in [-0.4, -0.2) is 31.2 Å². The van der Waals surface area contributed by atoms with Gasteiger partial charge < -0.3 is 0 Å². The Balaban J connectivity index is 2.86. The summed E-state index contributed by atoms with van der Waals surface area (Å²) < 4.78 is 24.0. The minimum absolute atomic E-state index is 0.287. The topological polar surface area (TPSA) is 95.6 Å². The van der Waals surface area contributed by atoms with Gasteiger partial charge in [0.25, 0.3) is 5.91 Å². The van der Waals surface area contributed by atoms with Gasteiger partial charge in [0.1, 0.15) is 0 Å². The lowest BCUT2D eigenvalue weighted by molar-refractivity contribution is -0.132. The molecule has 0 unspecified atom stereocenters. The Morgan fingerprint density at radius 1 is 1.67 bits per heavy atom. The molecule has 0 spiro atoms. The van der Waals surface area contributed by atoms with Crippen molar-refractivity contribution < 1.29 is 18.0 Å². The summed E-state index contributed by atoms with van der Waals surface area (Å²) in [6, 6.07) is 0. The van der Waals surface area contributed by atoms with Crippen molar-refractivity contribution in [3.05, 3.63) is 0 Å². The van der Waals surface area contributed by atoms with Crippen molar-refractivity contribution in [2.24, 2.45) is 0 Å². The highest BCUT2D eigenvalue weighted by Crippen LogP contribution is 2.01. The van der Waals surface area contributed by atoms with E-state index in [4.69, 9.17) is 0 Å². The van der Waals surface area contributed by atoms with E-state index in [1.807, 2.05) is 10.1 Å². The van der Waals surface area contributed by atoms with E-state index >= 15 is 0 Å². The van der Waals surface area contributed by atoms with Gasteiger partial charge in [0.2, 0.25) is 5.91 Å². The number of amides is 2. The number of nitrogens with one attached hydrogen (secondary N) is 2. The molecule has 0 atom stereocenters. The molecule has 2 amide bonds. The molecular weight excluding hydrogens is 186 g/mol. The molecule has 0 aromatic rings. The lowest BCUT2D eigenvalue weighted by Crippen LogP contribution is -2.45. The van der Waals surface area contributed by atoms with Gasteiger partial charge in [-0.25, -0.2) is 5.43 Å². The summed E-state index contributed by atoms with van der Waals surface area (Å²) in [5, 5.41) is 0. The maximum atomic E-state index is 10.9. The molecule has 1 heterocycles. The number of carbonyl (C=O) groups is 2. The predicted octanol–water partition coefficient (Wildman–Crippen LogP) is -2.29. The molecule has 1 aliphatic rings. The third kappa shape index (κ3) is 1.53. The number of hydrogen-bond acceptors (Lipinski definition) is 4. The van der Waals surface area contributed by atoms with Crippen molar-refractivity contribution in [3.8, 4) is 0 Å². The van der Waals surface area contributed by atoms with Gasteiger partial charge in [-0.1, -0.05) is 0 Å². The highest BCUT2D eigenvalue weighted by Gasteiger charge is 2.35. The highest BCUT2D eigenvalue weighted by molar-refractivity contribution is 7.88. The Morgan fingerprint density at radius 2 is 2.25 bits per heavy atom. The fourth-order valence-corrected chi connectivity index (χ4v) is 1.71. The SMILES string of the molecule is CC(=O)NN1C(=O)CNS1(=O)=O. The van der Waals surface area contributed by atoms with Crippen LogP contribution in [0.1, 0.15) is 6.92 Å². The van der Waals surface area contributed by atoms with Crippen LogP contribution < -0.4 is 10.1 Å². The first-order valence-electron chi connectivity index (χ1n) is 3.03. The van der Waals surface area contributed by atoms with E-state index in [-0.39, 0.29) is 11.0 Å². The van der Waals surface area contributed by atoms with Gasteiger partial charge in [0.05, 0.1) is 6.54 Å². The second-order valence-corrected chi connectivity index (χ2v) is 3.76. The van der Waals surface area contributed by atoms with Gasteiger partial charge in [-0.15, -0.1) is 4.41 Å². The summed E-state index contributed by atoms with van der Waals surface area (Å²) in [7, 11) is -3.83. The molecule has 0 radical (unpaired) electrons. The first kappa shape index (κ1) is 8.94. The first-order chi connectivity index (χ1) is 5.43. The number of rotatable bonds is 1. The van der Waals surface area contributed by atoms with Crippen molar-refractivity contribution in [2.75, 3.05) is 6.54 Å². The Bertz CT molecular complexity index is 321. The highest BCUT2D eigenvalue weighted by atomic mass is 32.2. The van der Waals surface area contributed by atoms with Gasteiger partial charge >= 0.3 is 10.2 Å². The van der Waals surface area contributed by atoms with Crippen LogP contribution >= 0.6 is 0 Å². The minimum atomic E-state index is -3.83. The zero-order valence-electron chi connectivity index (χ0n) is 6.20. The summed E-state index contributed by atoms with van der Waals surface area (Å²) in [5.41, 5.74) is 1.88. The van der Waals surface area contributed by atoms with Crippen molar-refractivity contribution in [3.63, 3.8) is 0 Å². The zero-order chi connectivity index (χ0) is 9.35. The van der Waals surface area contributed by atoms with Crippen LogP contribution in [0.5, 0.6) is 0 Å². The largest absolute Gasteiger partial charge is 0.322 e. The van der Waals surface area contributed by atoms with Crippen LogP contribution in [0, 0.1) is 0 Å². The quantitative estimate of drug-likeness (QED) is 0.490. The van der Waals surface area contributed by atoms with Crippen molar-refractivity contribution in [1.29, 1.82) is 0 Å². The van der Waals surface area contributed by atoms with Gasteiger partial charge in [-0.05, 0) is 0 Å². The number of hydrazine groups is 1. The molecule has 12 heavy (non-hydrogen) atoms. The zero-order valence-corrected chi connectivity index (χ0v) is 7.01. The summed E-state index contributed by atoms with van der Waals surface area (Å²) in [6.07, 6.45) is 0. The standard InChI is InChI=1S/C4H7N3O4S/c1-3(8)6-7-4(9)2-5-12(7,10)11/h5H,2H2,1H3,(H,6,8). The van der Waals surface area contributed by atoms with Crippen molar-refractivity contribution in [2.45, 2.75) is 6.92 Å². The summed E-state index contributed by atoms with van der Waals surface area (Å²) in [6.45, 7) is 0.795. The number of nitrogens with zero attached hydrogens (tertiary/aromatic N) is 1. The molecule has 8 heteroatoms. The summed E-state index contributed by atoms with van der Waals surface area (Å²) >= 11 is 0. The lowest BCUT2D eigenvalue weighted by Gasteiger charge is -2.12. The van der Waals surface area contributed by atoms with Crippen molar-refractivity contribution >= 4 is 22.0 Å². The van der Waals surface area contributed by atoms with E-state index in [9.17, 15) is 18.0 Å². The first-order valence-corrected chi connectivity index (χ1v) is 4.47.